The summed E-state index contributed by atoms with van der Waals surface area (Å²) in [5, 5.41) is 9.77. The SMILES string of the molecule is CCC(OCC1CC1)(C(=O)O)c1ccc(-c2ccc(C(F)(F)F)cc2)cc1. The summed E-state index contributed by atoms with van der Waals surface area (Å²) in [6, 6.07) is 11.7. The van der Waals surface area contributed by atoms with Gasteiger partial charge in [0, 0.05) is 0 Å². The number of aliphatic carboxylic acids is 1. The van der Waals surface area contributed by atoms with Gasteiger partial charge in [-0.05, 0) is 54.0 Å². The molecule has 0 heterocycles. The summed E-state index contributed by atoms with van der Waals surface area (Å²) in [5.41, 5.74) is -0.224. The molecule has 27 heavy (non-hydrogen) atoms. The van der Waals surface area contributed by atoms with Crippen molar-refractivity contribution >= 4 is 5.97 Å². The zero-order chi connectivity index (χ0) is 19.7. The molecule has 0 radical (unpaired) electrons. The van der Waals surface area contributed by atoms with E-state index >= 15 is 0 Å². The lowest BCUT2D eigenvalue weighted by molar-refractivity contribution is -0.169. The van der Waals surface area contributed by atoms with Gasteiger partial charge in [-0.3, -0.25) is 0 Å². The Morgan fingerprint density at radius 2 is 1.48 bits per heavy atom. The van der Waals surface area contributed by atoms with Crippen LogP contribution < -0.4 is 0 Å². The van der Waals surface area contributed by atoms with Crippen LogP contribution in [-0.2, 0) is 21.3 Å². The number of ether oxygens (including phenoxy) is 1. The summed E-state index contributed by atoms with van der Waals surface area (Å²) in [6.07, 6.45) is -1.96. The van der Waals surface area contributed by atoms with Crippen LogP contribution in [0.1, 0.15) is 37.3 Å². The monoisotopic (exact) mass is 378 g/mol. The van der Waals surface area contributed by atoms with E-state index in [1.54, 1.807) is 31.2 Å². The molecule has 0 bridgehead atoms. The summed E-state index contributed by atoms with van der Waals surface area (Å²) in [4.78, 5) is 11.9. The predicted octanol–water partition coefficient (Wildman–Crippen LogP) is 5.49. The van der Waals surface area contributed by atoms with Crippen molar-refractivity contribution in [2.75, 3.05) is 6.61 Å². The number of carboxylic acids is 1. The normalized spacial score (nSPS) is 16.7. The Morgan fingerprint density at radius 3 is 1.85 bits per heavy atom. The molecule has 1 aliphatic rings. The standard InChI is InChI=1S/C21H21F3O3/c1-2-20(19(25)26,27-13-14-3-4-14)17-9-5-15(6-10-17)16-7-11-18(12-8-16)21(22,23)24/h5-12,14H,2-4,13H2,1H3,(H,25,26). The highest BCUT2D eigenvalue weighted by Crippen LogP contribution is 2.37. The third-order valence-corrected chi connectivity index (χ3v) is 5.00. The molecule has 1 saturated carbocycles. The van der Waals surface area contributed by atoms with Crippen LogP contribution >= 0.6 is 0 Å². The third-order valence-electron chi connectivity index (χ3n) is 5.00. The van der Waals surface area contributed by atoms with Crippen molar-refractivity contribution < 1.29 is 27.8 Å². The van der Waals surface area contributed by atoms with Gasteiger partial charge in [-0.1, -0.05) is 43.3 Å². The number of carbonyl (C=O) groups is 1. The molecule has 0 saturated heterocycles. The lowest BCUT2D eigenvalue weighted by Gasteiger charge is -2.29. The number of hydrogen-bond acceptors (Lipinski definition) is 2. The quantitative estimate of drug-likeness (QED) is 0.693. The van der Waals surface area contributed by atoms with Crippen molar-refractivity contribution in [2.24, 2.45) is 5.92 Å². The molecule has 3 nitrogen and oxygen atoms in total. The van der Waals surface area contributed by atoms with Crippen molar-refractivity contribution in [2.45, 2.75) is 38.0 Å². The molecule has 3 rings (SSSR count). The van der Waals surface area contributed by atoms with E-state index in [4.69, 9.17) is 4.74 Å². The Kier molecular flexibility index (Phi) is 5.29. The van der Waals surface area contributed by atoms with Gasteiger partial charge in [0.15, 0.2) is 5.60 Å². The summed E-state index contributed by atoms with van der Waals surface area (Å²) in [7, 11) is 0. The molecule has 144 valence electrons. The molecule has 6 heteroatoms. The van der Waals surface area contributed by atoms with E-state index in [1.807, 2.05) is 0 Å². The van der Waals surface area contributed by atoms with Crippen molar-refractivity contribution in [3.8, 4) is 11.1 Å². The Labute approximate surface area is 155 Å². The van der Waals surface area contributed by atoms with Crippen LogP contribution in [0.5, 0.6) is 0 Å². The Morgan fingerprint density at radius 1 is 1.00 bits per heavy atom. The average Bonchev–Trinajstić information content (AvgIpc) is 3.47. The fraction of sp³-hybridized carbons (Fsp3) is 0.381. The van der Waals surface area contributed by atoms with Gasteiger partial charge < -0.3 is 9.84 Å². The number of halogens is 3. The minimum Gasteiger partial charge on any atom is -0.479 e. The molecule has 1 fully saturated rings. The molecular weight excluding hydrogens is 357 g/mol. The van der Waals surface area contributed by atoms with Crippen LogP contribution in [0, 0.1) is 5.92 Å². The van der Waals surface area contributed by atoms with Crippen LogP contribution in [0.2, 0.25) is 0 Å². The zero-order valence-electron chi connectivity index (χ0n) is 14.9. The molecular formula is C21H21F3O3. The molecule has 2 aromatic rings. The largest absolute Gasteiger partial charge is 0.479 e. The Bertz CT molecular complexity index is 793. The number of hydrogen-bond donors (Lipinski definition) is 1. The van der Waals surface area contributed by atoms with Crippen molar-refractivity contribution in [1.82, 2.24) is 0 Å². The second-order valence-electron chi connectivity index (χ2n) is 6.89. The maximum atomic E-state index is 12.7. The first-order valence-electron chi connectivity index (χ1n) is 8.92. The van der Waals surface area contributed by atoms with Crippen LogP contribution in [0.25, 0.3) is 11.1 Å². The van der Waals surface area contributed by atoms with Gasteiger partial charge in [-0.25, -0.2) is 4.79 Å². The van der Waals surface area contributed by atoms with E-state index in [2.05, 4.69) is 0 Å². The maximum absolute atomic E-state index is 12.7. The molecule has 0 aliphatic heterocycles. The first kappa shape index (κ1) is 19.4. The van der Waals surface area contributed by atoms with Gasteiger partial charge >= 0.3 is 12.1 Å². The molecule has 1 N–H and O–H groups in total. The molecule has 1 aliphatic carbocycles. The molecule has 2 aromatic carbocycles. The lowest BCUT2D eigenvalue weighted by Crippen LogP contribution is -2.38. The smallest absolute Gasteiger partial charge is 0.416 e. The summed E-state index contributed by atoms with van der Waals surface area (Å²) in [5.74, 6) is -0.602. The Balaban J connectivity index is 1.85. The third kappa shape index (κ3) is 4.16. The van der Waals surface area contributed by atoms with Crippen LogP contribution in [0.3, 0.4) is 0 Å². The van der Waals surface area contributed by atoms with Crippen LogP contribution in [-0.4, -0.2) is 17.7 Å². The summed E-state index contributed by atoms with van der Waals surface area (Å²) < 4.78 is 43.9. The second-order valence-corrected chi connectivity index (χ2v) is 6.89. The number of carboxylic acid groups (broad SMARTS) is 1. The summed E-state index contributed by atoms with van der Waals surface area (Å²) in [6.45, 7) is 2.19. The lowest BCUT2D eigenvalue weighted by atomic mass is 9.89. The molecule has 1 atom stereocenters. The number of rotatable bonds is 7. The van der Waals surface area contributed by atoms with Gasteiger partial charge in [0.1, 0.15) is 0 Å². The zero-order valence-corrected chi connectivity index (χ0v) is 14.9. The highest BCUT2D eigenvalue weighted by atomic mass is 19.4. The first-order chi connectivity index (χ1) is 12.8. The molecule has 0 spiro atoms. The van der Waals surface area contributed by atoms with Gasteiger partial charge in [0.2, 0.25) is 0 Å². The first-order valence-corrected chi connectivity index (χ1v) is 8.92. The van der Waals surface area contributed by atoms with E-state index in [9.17, 15) is 23.1 Å². The van der Waals surface area contributed by atoms with Gasteiger partial charge in [0.25, 0.3) is 0 Å². The Hall–Kier alpha value is -2.34. The van der Waals surface area contributed by atoms with Crippen molar-refractivity contribution in [3.63, 3.8) is 0 Å². The van der Waals surface area contributed by atoms with Gasteiger partial charge in [-0.2, -0.15) is 13.2 Å². The van der Waals surface area contributed by atoms with E-state index in [-0.39, 0.29) is 6.42 Å². The fourth-order valence-electron chi connectivity index (χ4n) is 3.05. The van der Waals surface area contributed by atoms with Crippen molar-refractivity contribution in [1.29, 1.82) is 0 Å². The molecule has 0 aromatic heterocycles. The van der Waals surface area contributed by atoms with E-state index in [0.29, 0.717) is 29.2 Å². The van der Waals surface area contributed by atoms with Gasteiger partial charge in [-0.15, -0.1) is 0 Å². The average molecular weight is 378 g/mol. The minimum absolute atomic E-state index is 0.286. The molecule has 0 amide bonds. The fourth-order valence-corrected chi connectivity index (χ4v) is 3.05. The summed E-state index contributed by atoms with van der Waals surface area (Å²) >= 11 is 0. The number of benzene rings is 2. The minimum atomic E-state index is -4.37. The van der Waals surface area contributed by atoms with Gasteiger partial charge in [0.05, 0.1) is 12.2 Å². The van der Waals surface area contributed by atoms with E-state index in [0.717, 1.165) is 25.0 Å². The highest BCUT2D eigenvalue weighted by molar-refractivity contribution is 5.80. The van der Waals surface area contributed by atoms with Crippen LogP contribution in [0.4, 0.5) is 13.2 Å². The number of alkyl halides is 3. The van der Waals surface area contributed by atoms with Crippen LogP contribution in [0.15, 0.2) is 48.5 Å². The van der Waals surface area contributed by atoms with E-state index < -0.39 is 23.3 Å². The highest BCUT2D eigenvalue weighted by Gasteiger charge is 2.41. The molecule has 1 unspecified atom stereocenters. The van der Waals surface area contributed by atoms with E-state index in [1.165, 1.54) is 12.1 Å². The predicted molar refractivity (Wildman–Crippen MR) is 95.2 cm³/mol. The topological polar surface area (TPSA) is 46.5 Å². The second kappa shape index (κ2) is 7.35. The van der Waals surface area contributed by atoms with Crippen molar-refractivity contribution in [3.05, 3.63) is 59.7 Å². The maximum Gasteiger partial charge on any atom is 0.416 e.